The number of carbonyl (C=O) groups excluding carboxylic acids is 1. The molecule has 6 rings (SSSR count). The zero-order valence-corrected chi connectivity index (χ0v) is 23.1. The number of ether oxygens (including phenoxy) is 2. The molecular weight excluding hydrogens is 498 g/mol. The minimum absolute atomic E-state index is 0.0355. The van der Waals surface area contributed by atoms with E-state index >= 15 is 0 Å². The Bertz CT molecular complexity index is 1650. The fraction of sp³-hybridized carbons (Fsp3) is 0.235. The number of aryl methyl sites for hydroxylation is 2. The van der Waals surface area contributed by atoms with Crippen molar-refractivity contribution in [3.05, 3.63) is 124 Å². The number of pyridine rings is 1. The minimum Gasteiger partial charge on any atom is -0.493 e. The normalized spacial score (nSPS) is 12.9. The molecule has 2 aromatic heterocycles. The fourth-order valence-corrected chi connectivity index (χ4v) is 5.65. The summed E-state index contributed by atoms with van der Waals surface area (Å²) in [5, 5.41) is 1.07. The third-order valence-corrected chi connectivity index (χ3v) is 7.89. The van der Waals surface area contributed by atoms with Gasteiger partial charge in [-0.2, -0.15) is 0 Å². The van der Waals surface area contributed by atoms with Crippen LogP contribution in [0.2, 0.25) is 0 Å². The van der Waals surface area contributed by atoms with Gasteiger partial charge in [-0.05, 0) is 72.0 Å². The molecule has 6 heteroatoms. The van der Waals surface area contributed by atoms with E-state index in [0.29, 0.717) is 24.4 Å². The van der Waals surface area contributed by atoms with Gasteiger partial charge in [-0.1, -0.05) is 42.5 Å². The summed E-state index contributed by atoms with van der Waals surface area (Å²) < 4.78 is 12.1. The van der Waals surface area contributed by atoms with Crippen molar-refractivity contribution in [1.29, 1.82) is 0 Å². The van der Waals surface area contributed by atoms with Crippen LogP contribution in [0.4, 0.5) is 0 Å². The lowest BCUT2D eigenvalue weighted by atomic mass is 10.1. The van der Waals surface area contributed by atoms with Gasteiger partial charge in [0.2, 0.25) is 0 Å². The molecule has 1 aliphatic carbocycles. The van der Waals surface area contributed by atoms with Crippen LogP contribution in [-0.4, -0.2) is 34.0 Å². The van der Waals surface area contributed by atoms with Crippen LogP contribution < -0.4 is 9.47 Å². The number of fused-ring (bicyclic) bond motifs is 2. The second-order valence-electron chi connectivity index (χ2n) is 10.5. The molecule has 6 nitrogen and oxygen atoms in total. The van der Waals surface area contributed by atoms with Gasteiger partial charge >= 0.3 is 0 Å². The molecule has 2 heterocycles. The summed E-state index contributed by atoms with van der Waals surface area (Å²) >= 11 is 0. The number of para-hydroxylation sites is 1. The van der Waals surface area contributed by atoms with Gasteiger partial charge < -0.3 is 19.4 Å². The van der Waals surface area contributed by atoms with E-state index in [1.807, 2.05) is 54.3 Å². The largest absolute Gasteiger partial charge is 0.493 e. The Labute approximate surface area is 234 Å². The first-order valence-electron chi connectivity index (χ1n) is 13.7. The van der Waals surface area contributed by atoms with Crippen molar-refractivity contribution in [3.63, 3.8) is 0 Å². The number of rotatable bonds is 8. The first-order chi connectivity index (χ1) is 19.5. The number of carbonyl (C=O) groups is 1. The number of hydrogen-bond acceptors (Lipinski definition) is 4. The SMILES string of the molecule is COc1cc(CN(Cc2ccncc2)C(=O)c2cccc3c(C)c(C)[nH]c23)ccc1OC1Cc2ccccc2C1. The molecule has 5 aromatic rings. The highest BCUT2D eigenvalue weighted by Gasteiger charge is 2.25. The number of benzene rings is 3. The van der Waals surface area contributed by atoms with E-state index in [-0.39, 0.29) is 12.0 Å². The van der Waals surface area contributed by atoms with Crippen molar-refractivity contribution >= 4 is 16.8 Å². The maximum atomic E-state index is 14.1. The number of nitrogens with zero attached hydrogens (tertiary/aromatic N) is 2. The fourth-order valence-electron chi connectivity index (χ4n) is 5.65. The van der Waals surface area contributed by atoms with Crippen molar-refractivity contribution in [1.82, 2.24) is 14.9 Å². The maximum absolute atomic E-state index is 14.1. The van der Waals surface area contributed by atoms with Crippen LogP contribution in [0.15, 0.2) is 85.2 Å². The monoisotopic (exact) mass is 531 g/mol. The summed E-state index contributed by atoms with van der Waals surface area (Å²) in [6, 6.07) is 24.3. The van der Waals surface area contributed by atoms with Crippen LogP contribution in [0.3, 0.4) is 0 Å². The molecular formula is C34H33N3O3. The van der Waals surface area contributed by atoms with E-state index in [0.717, 1.165) is 51.9 Å². The predicted octanol–water partition coefficient (Wildman–Crippen LogP) is 6.58. The van der Waals surface area contributed by atoms with Crippen LogP contribution >= 0.6 is 0 Å². The van der Waals surface area contributed by atoms with Gasteiger partial charge in [0.15, 0.2) is 11.5 Å². The Balaban J connectivity index is 1.27. The first-order valence-corrected chi connectivity index (χ1v) is 13.7. The highest BCUT2D eigenvalue weighted by Crippen LogP contribution is 2.33. The predicted molar refractivity (Wildman–Crippen MR) is 157 cm³/mol. The number of aromatic nitrogens is 2. The summed E-state index contributed by atoms with van der Waals surface area (Å²) in [5.74, 6) is 1.35. The lowest BCUT2D eigenvalue weighted by molar-refractivity contribution is 0.0731. The topological polar surface area (TPSA) is 67.5 Å². The Hall–Kier alpha value is -4.58. The maximum Gasteiger partial charge on any atom is 0.256 e. The molecule has 3 aromatic carbocycles. The number of aromatic amines is 1. The van der Waals surface area contributed by atoms with Crippen molar-refractivity contribution in [2.24, 2.45) is 0 Å². The Morgan fingerprint density at radius 1 is 0.900 bits per heavy atom. The van der Waals surface area contributed by atoms with Gasteiger partial charge in [0, 0.05) is 49.4 Å². The average molecular weight is 532 g/mol. The van der Waals surface area contributed by atoms with Gasteiger partial charge in [-0.15, -0.1) is 0 Å². The first kappa shape index (κ1) is 25.7. The Morgan fingerprint density at radius 2 is 1.62 bits per heavy atom. The molecule has 0 aliphatic heterocycles. The van der Waals surface area contributed by atoms with Crippen LogP contribution in [0.25, 0.3) is 10.9 Å². The number of H-pyrrole nitrogens is 1. The van der Waals surface area contributed by atoms with E-state index in [1.54, 1.807) is 19.5 Å². The zero-order valence-electron chi connectivity index (χ0n) is 23.1. The summed E-state index contributed by atoms with van der Waals surface area (Å²) in [7, 11) is 1.66. The standard InChI is InChI=1S/C34H33N3O3/c1-22-23(2)36-33-29(22)9-6-10-30(33)34(38)37(20-24-13-15-35-16-14-24)21-25-11-12-31(32(17-25)39-3)40-28-18-26-7-4-5-8-27(26)19-28/h4-17,28,36H,18-21H2,1-3H3. The molecule has 202 valence electrons. The van der Waals surface area contributed by atoms with E-state index in [9.17, 15) is 4.79 Å². The molecule has 1 amide bonds. The van der Waals surface area contributed by atoms with E-state index in [4.69, 9.17) is 9.47 Å². The van der Waals surface area contributed by atoms with Gasteiger partial charge in [-0.3, -0.25) is 9.78 Å². The van der Waals surface area contributed by atoms with Crippen molar-refractivity contribution in [3.8, 4) is 11.5 Å². The molecule has 0 spiro atoms. The van der Waals surface area contributed by atoms with Crippen molar-refractivity contribution < 1.29 is 14.3 Å². The number of hydrogen-bond donors (Lipinski definition) is 1. The number of amides is 1. The molecule has 0 atom stereocenters. The van der Waals surface area contributed by atoms with Gasteiger partial charge in [0.25, 0.3) is 5.91 Å². The van der Waals surface area contributed by atoms with Crippen LogP contribution in [0.1, 0.15) is 43.9 Å². The van der Waals surface area contributed by atoms with Crippen LogP contribution in [0.5, 0.6) is 11.5 Å². The molecule has 1 aliphatic rings. The summed E-state index contributed by atoms with van der Waals surface area (Å²) in [6.45, 7) is 4.99. The highest BCUT2D eigenvalue weighted by molar-refractivity contribution is 6.06. The second-order valence-corrected chi connectivity index (χ2v) is 10.5. The van der Waals surface area contributed by atoms with Gasteiger partial charge in [-0.25, -0.2) is 0 Å². The number of nitrogens with one attached hydrogen (secondary N) is 1. The van der Waals surface area contributed by atoms with Gasteiger partial charge in [0.1, 0.15) is 6.10 Å². The average Bonchev–Trinajstić information content (AvgIpc) is 3.52. The smallest absolute Gasteiger partial charge is 0.256 e. The van der Waals surface area contributed by atoms with E-state index in [1.165, 1.54) is 11.1 Å². The molecule has 0 unspecified atom stereocenters. The third-order valence-electron chi connectivity index (χ3n) is 7.89. The van der Waals surface area contributed by atoms with Crippen LogP contribution in [-0.2, 0) is 25.9 Å². The molecule has 0 fully saturated rings. The van der Waals surface area contributed by atoms with E-state index < -0.39 is 0 Å². The lowest BCUT2D eigenvalue weighted by Crippen LogP contribution is -2.30. The molecule has 0 saturated carbocycles. The molecule has 1 N–H and O–H groups in total. The zero-order chi connectivity index (χ0) is 27.6. The summed E-state index contributed by atoms with van der Waals surface area (Å²) in [6.07, 6.45) is 5.37. The Kier molecular flexibility index (Phi) is 6.99. The Morgan fingerprint density at radius 3 is 2.35 bits per heavy atom. The third kappa shape index (κ3) is 5.05. The quantitative estimate of drug-likeness (QED) is 0.246. The molecule has 40 heavy (non-hydrogen) atoms. The molecule has 0 radical (unpaired) electrons. The van der Waals surface area contributed by atoms with Gasteiger partial charge in [0.05, 0.1) is 18.2 Å². The van der Waals surface area contributed by atoms with Crippen molar-refractivity contribution in [2.45, 2.75) is 45.9 Å². The number of methoxy groups -OCH3 is 1. The second kappa shape index (κ2) is 10.9. The van der Waals surface area contributed by atoms with Crippen LogP contribution in [0, 0.1) is 13.8 Å². The summed E-state index contributed by atoms with van der Waals surface area (Å²) in [5.41, 5.74) is 8.44. The summed E-state index contributed by atoms with van der Waals surface area (Å²) in [4.78, 5) is 23.5. The lowest BCUT2D eigenvalue weighted by Gasteiger charge is -2.24. The minimum atomic E-state index is -0.0355. The highest BCUT2D eigenvalue weighted by atomic mass is 16.5. The molecule has 0 saturated heterocycles. The molecule has 0 bridgehead atoms. The van der Waals surface area contributed by atoms with Crippen molar-refractivity contribution in [2.75, 3.05) is 7.11 Å². The van der Waals surface area contributed by atoms with E-state index in [2.05, 4.69) is 47.2 Å².